The molecule has 0 radical (unpaired) electrons. The third kappa shape index (κ3) is 1.68. The van der Waals surface area contributed by atoms with Gasteiger partial charge in [-0.3, -0.25) is 0 Å². The van der Waals surface area contributed by atoms with Crippen molar-refractivity contribution in [3.05, 3.63) is 29.6 Å². The minimum atomic E-state index is -0.973. The van der Waals surface area contributed by atoms with Gasteiger partial charge in [-0.25, -0.2) is 9.97 Å². The van der Waals surface area contributed by atoms with Gasteiger partial charge in [-0.05, 0) is 25.5 Å². The second-order valence-electron chi connectivity index (χ2n) is 5.92. The highest BCUT2D eigenvalue weighted by molar-refractivity contribution is 6.09. The average Bonchev–Trinajstić information content (AvgIpc) is 2.83. The van der Waals surface area contributed by atoms with Crippen LogP contribution in [0.2, 0.25) is 0 Å². The average molecular weight is 298 g/mol. The largest absolute Gasteiger partial charge is 0.384 e. The first-order valence-electron chi connectivity index (χ1n) is 7.41. The summed E-state index contributed by atoms with van der Waals surface area (Å²) in [6, 6.07) is 5.76. The molecule has 6 nitrogen and oxygen atoms in total. The number of nitrogens with zero attached hydrogens (tertiary/aromatic N) is 3. The van der Waals surface area contributed by atoms with Gasteiger partial charge in [0.15, 0.2) is 5.82 Å². The molecule has 0 fully saturated rings. The standard InChI is InChI=1S/C16H18N4O2/c1-3-22-7-11-19-13-14-12-9(16(2,21)8-20(11)14)5-4-6-10(12)18-15(13)17/h4-6,21H,3,7-8H2,1-2H3,(H2,17,18). The number of ether oxygens (including phenoxy) is 1. The molecule has 2 aromatic heterocycles. The van der Waals surface area contributed by atoms with E-state index < -0.39 is 5.60 Å². The molecule has 22 heavy (non-hydrogen) atoms. The molecule has 0 bridgehead atoms. The van der Waals surface area contributed by atoms with Crippen LogP contribution in [0.5, 0.6) is 0 Å². The third-order valence-corrected chi connectivity index (χ3v) is 4.29. The Bertz CT molecular complexity index is 898. The van der Waals surface area contributed by atoms with Crippen LogP contribution in [-0.4, -0.2) is 26.2 Å². The number of hydrogen-bond acceptors (Lipinski definition) is 5. The van der Waals surface area contributed by atoms with Gasteiger partial charge in [-0.1, -0.05) is 12.1 Å². The molecule has 6 heteroatoms. The van der Waals surface area contributed by atoms with Crippen LogP contribution in [0.4, 0.5) is 5.82 Å². The topological polar surface area (TPSA) is 86.2 Å². The fourth-order valence-electron chi connectivity index (χ4n) is 3.31. The van der Waals surface area contributed by atoms with Crippen LogP contribution >= 0.6 is 0 Å². The van der Waals surface area contributed by atoms with E-state index >= 15 is 0 Å². The molecule has 0 saturated heterocycles. The first-order chi connectivity index (χ1) is 10.5. The zero-order valence-electron chi connectivity index (χ0n) is 12.6. The second-order valence-corrected chi connectivity index (χ2v) is 5.92. The maximum absolute atomic E-state index is 10.9. The molecule has 114 valence electrons. The molecule has 3 aromatic rings. The van der Waals surface area contributed by atoms with E-state index in [-0.39, 0.29) is 0 Å². The molecule has 1 aliphatic rings. The van der Waals surface area contributed by atoms with Crippen LogP contribution in [0.15, 0.2) is 18.2 Å². The number of rotatable bonds is 3. The minimum Gasteiger partial charge on any atom is -0.384 e. The minimum absolute atomic E-state index is 0.393. The van der Waals surface area contributed by atoms with E-state index in [2.05, 4.69) is 9.97 Å². The number of anilines is 1. The van der Waals surface area contributed by atoms with E-state index in [9.17, 15) is 5.11 Å². The Hall–Kier alpha value is -2.18. The summed E-state index contributed by atoms with van der Waals surface area (Å²) >= 11 is 0. The van der Waals surface area contributed by atoms with E-state index in [1.54, 1.807) is 0 Å². The summed E-state index contributed by atoms with van der Waals surface area (Å²) in [5.74, 6) is 1.19. The van der Waals surface area contributed by atoms with Crippen molar-refractivity contribution in [2.45, 2.75) is 32.6 Å². The maximum Gasteiger partial charge on any atom is 0.152 e. The molecule has 1 atom stereocenters. The van der Waals surface area contributed by atoms with Crippen molar-refractivity contribution in [2.75, 3.05) is 12.3 Å². The lowest BCUT2D eigenvalue weighted by Crippen LogP contribution is -2.31. The second kappa shape index (κ2) is 4.41. The Labute approximate surface area is 127 Å². The SMILES string of the molecule is CCOCc1nc2c(N)nc3cccc4c3c2n1CC4(C)O. The molecule has 0 aliphatic carbocycles. The van der Waals surface area contributed by atoms with Crippen molar-refractivity contribution >= 4 is 27.8 Å². The van der Waals surface area contributed by atoms with Gasteiger partial charge in [-0.2, -0.15) is 0 Å². The lowest BCUT2D eigenvalue weighted by molar-refractivity contribution is 0.0356. The Morgan fingerprint density at radius 1 is 1.41 bits per heavy atom. The van der Waals surface area contributed by atoms with E-state index in [0.717, 1.165) is 27.8 Å². The van der Waals surface area contributed by atoms with Crippen LogP contribution in [0.1, 0.15) is 25.2 Å². The van der Waals surface area contributed by atoms with Crippen LogP contribution in [0.25, 0.3) is 21.9 Å². The van der Waals surface area contributed by atoms with Crippen molar-refractivity contribution < 1.29 is 9.84 Å². The number of nitrogen functional groups attached to an aromatic ring is 1. The van der Waals surface area contributed by atoms with Crippen LogP contribution in [-0.2, 0) is 23.5 Å². The summed E-state index contributed by atoms with van der Waals surface area (Å²) in [7, 11) is 0. The van der Waals surface area contributed by atoms with E-state index in [1.807, 2.05) is 36.6 Å². The number of aliphatic hydroxyl groups is 1. The molecule has 1 aliphatic heterocycles. The molecule has 0 saturated carbocycles. The lowest BCUT2D eigenvalue weighted by atomic mass is 9.89. The molecule has 4 rings (SSSR count). The Balaban J connectivity index is 2.15. The molecule has 3 heterocycles. The number of aromatic nitrogens is 3. The zero-order valence-corrected chi connectivity index (χ0v) is 12.6. The van der Waals surface area contributed by atoms with E-state index in [1.165, 1.54) is 0 Å². The molecular weight excluding hydrogens is 280 g/mol. The van der Waals surface area contributed by atoms with Gasteiger partial charge in [0.2, 0.25) is 0 Å². The quantitative estimate of drug-likeness (QED) is 0.771. The van der Waals surface area contributed by atoms with Gasteiger partial charge in [0.1, 0.15) is 23.5 Å². The van der Waals surface area contributed by atoms with Crippen molar-refractivity contribution in [3.63, 3.8) is 0 Å². The number of nitrogens with two attached hydrogens (primary N) is 1. The third-order valence-electron chi connectivity index (χ3n) is 4.29. The van der Waals surface area contributed by atoms with Gasteiger partial charge in [0.05, 0.1) is 17.6 Å². The molecule has 1 unspecified atom stereocenters. The number of pyridine rings is 1. The number of benzene rings is 1. The smallest absolute Gasteiger partial charge is 0.152 e. The van der Waals surface area contributed by atoms with E-state index in [4.69, 9.17) is 10.5 Å². The highest BCUT2D eigenvalue weighted by Crippen LogP contribution is 2.40. The van der Waals surface area contributed by atoms with Crippen LogP contribution in [0.3, 0.4) is 0 Å². The molecule has 0 spiro atoms. The normalized spacial score (nSPS) is 20.3. The fourth-order valence-corrected chi connectivity index (χ4v) is 3.31. The predicted molar refractivity (Wildman–Crippen MR) is 84.3 cm³/mol. The highest BCUT2D eigenvalue weighted by Gasteiger charge is 2.34. The number of imidazole rings is 1. The first kappa shape index (κ1) is 13.5. The summed E-state index contributed by atoms with van der Waals surface area (Å²) in [6.07, 6.45) is 0. The predicted octanol–water partition coefficient (Wildman–Crippen LogP) is 1.92. The zero-order chi connectivity index (χ0) is 15.5. The summed E-state index contributed by atoms with van der Waals surface area (Å²) in [5, 5.41) is 11.8. The van der Waals surface area contributed by atoms with Crippen molar-refractivity contribution in [2.24, 2.45) is 0 Å². The first-order valence-corrected chi connectivity index (χ1v) is 7.41. The molecule has 1 aromatic carbocycles. The van der Waals surface area contributed by atoms with Gasteiger partial charge in [-0.15, -0.1) is 0 Å². The Morgan fingerprint density at radius 3 is 3.00 bits per heavy atom. The summed E-state index contributed by atoms with van der Waals surface area (Å²) in [6.45, 7) is 5.20. The van der Waals surface area contributed by atoms with Gasteiger partial charge in [0, 0.05) is 12.0 Å². The van der Waals surface area contributed by atoms with Crippen LogP contribution < -0.4 is 5.73 Å². The van der Waals surface area contributed by atoms with Gasteiger partial charge in [0.25, 0.3) is 0 Å². The van der Waals surface area contributed by atoms with Crippen molar-refractivity contribution in [1.29, 1.82) is 0 Å². The molecular formula is C16H18N4O2. The Morgan fingerprint density at radius 2 is 2.23 bits per heavy atom. The molecule has 0 amide bonds. The van der Waals surface area contributed by atoms with Crippen molar-refractivity contribution in [3.8, 4) is 0 Å². The molecule has 3 N–H and O–H groups in total. The van der Waals surface area contributed by atoms with Crippen LogP contribution in [0, 0.1) is 0 Å². The summed E-state index contributed by atoms with van der Waals surface area (Å²) in [4.78, 5) is 9.06. The summed E-state index contributed by atoms with van der Waals surface area (Å²) in [5.41, 5.74) is 8.40. The Kier molecular flexibility index (Phi) is 2.70. The highest BCUT2D eigenvalue weighted by atomic mass is 16.5. The lowest BCUT2D eigenvalue weighted by Gasteiger charge is -2.31. The summed E-state index contributed by atoms with van der Waals surface area (Å²) < 4.78 is 7.52. The van der Waals surface area contributed by atoms with Crippen molar-refractivity contribution in [1.82, 2.24) is 14.5 Å². The fraction of sp³-hybridized carbons (Fsp3) is 0.375. The number of hydrogen-bond donors (Lipinski definition) is 2. The monoisotopic (exact) mass is 298 g/mol. The maximum atomic E-state index is 10.9. The van der Waals surface area contributed by atoms with Gasteiger partial charge < -0.3 is 20.1 Å². The van der Waals surface area contributed by atoms with E-state index in [0.29, 0.717) is 31.1 Å². The van der Waals surface area contributed by atoms with Gasteiger partial charge >= 0.3 is 0 Å².